The molecule has 1 rings (SSSR count). The highest BCUT2D eigenvalue weighted by Crippen LogP contribution is 2.22. The molecule has 18 heavy (non-hydrogen) atoms. The third-order valence-corrected chi connectivity index (χ3v) is 4.24. The highest BCUT2D eigenvalue weighted by Gasteiger charge is 2.23. The third kappa shape index (κ3) is 3.59. The summed E-state index contributed by atoms with van der Waals surface area (Å²) in [6.45, 7) is 6.37. The molecule has 0 fully saturated rings. The number of rotatable bonds is 4. The van der Waals surface area contributed by atoms with E-state index >= 15 is 0 Å². The zero-order chi connectivity index (χ0) is 13.9. The van der Waals surface area contributed by atoms with Gasteiger partial charge in [0.2, 0.25) is 0 Å². The maximum Gasteiger partial charge on any atom is 0.133 e. The van der Waals surface area contributed by atoms with Gasteiger partial charge in [-0.1, -0.05) is 18.2 Å². The maximum absolute atomic E-state index is 13.9. The van der Waals surface area contributed by atoms with E-state index in [2.05, 4.69) is 4.72 Å². The van der Waals surface area contributed by atoms with E-state index in [1.807, 2.05) is 20.8 Å². The quantitative estimate of drug-likeness (QED) is 0.896. The molecule has 2 nitrogen and oxygen atoms in total. The summed E-state index contributed by atoms with van der Waals surface area (Å²) in [6, 6.07) is 4.15. The van der Waals surface area contributed by atoms with Gasteiger partial charge in [0.1, 0.15) is 12.5 Å². The predicted octanol–water partition coefficient (Wildman–Crippen LogP) is 3.41. The molecular weight excluding hydrogens is 256 g/mol. The molecule has 1 N–H and O–H groups in total. The third-order valence-electron chi connectivity index (χ3n) is 2.56. The lowest BCUT2D eigenvalue weighted by molar-refractivity contribution is 0.458. The minimum Gasteiger partial charge on any atom is -0.246 e. The van der Waals surface area contributed by atoms with Crippen molar-refractivity contribution in [1.29, 1.82) is 0 Å². The van der Waals surface area contributed by atoms with Gasteiger partial charge in [-0.25, -0.2) is 17.7 Å². The molecule has 0 amide bonds. The molecule has 1 aromatic carbocycles. The van der Waals surface area contributed by atoms with Crippen LogP contribution in [-0.2, 0) is 17.7 Å². The molecule has 0 bridgehead atoms. The van der Waals surface area contributed by atoms with Crippen LogP contribution >= 0.6 is 0 Å². The Morgan fingerprint density at radius 2 is 2.00 bits per heavy atom. The van der Waals surface area contributed by atoms with Crippen LogP contribution in [0.2, 0.25) is 0 Å². The Morgan fingerprint density at radius 3 is 2.50 bits per heavy atom. The van der Waals surface area contributed by atoms with Gasteiger partial charge in [-0.15, -0.1) is 0 Å². The first-order valence-electron chi connectivity index (χ1n) is 5.78. The zero-order valence-corrected chi connectivity index (χ0v) is 11.9. The number of hydrogen-bond acceptors (Lipinski definition) is 1. The van der Waals surface area contributed by atoms with Gasteiger partial charge >= 0.3 is 0 Å². The summed E-state index contributed by atoms with van der Waals surface area (Å²) in [4.78, 5) is 0. The van der Waals surface area contributed by atoms with E-state index in [1.165, 1.54) is 6.07 Å². The van der Waals surface area contributed by atoms with Gasteiger partial charge in [0.25, 0.3) is 0 Å². The van der Waals surface area contributed by atoms with Crippen molar-refractivity contribution in [2.24, 2.45) is 0 Å². The second-order valence-electron chi connectivity index (χ2n) is 5.17. The number of benzene rings is 1. The van der Waals surface area contributed by atoms with Crippen molar-refractivity contribution >= 4 is 11.0 Å². The molecular formula is C13H19F2NOS. The van der Waals surface area contributed by atoms with Crippen molar-refractivity contribution in [3.05, 3.63) is 35.1 Å². The molecule has 0 aliphatic carbocycles. The summed E-state index contributed by atoms with van der Waals surface area (Å²) in [5.74, 6) is -0.564. The molecule has 0 radical (unpaired) electrons. The standard InChI is InChI=1S/C13H19F2NOS/c1-9(16-18(17)13(2,3)4)11-7-5-6-10(8-14)12(11)15/h5-7,9,16H,8H2,1-4H3/t9-,18-/m1/s1. The van der Waals surface area contributed by atoms with Gasteiger partial charge in [-0.3, -0.25) is 0 Å². The molecule has 1 aromatic rings. The number of nitrogens with one attached hydrogen (secondary N) is 1. The summed E-state index contributed by atoms with van der Waals surface area (Å²) < 4.78 is 40.8. The van der Waals surface area contributed by atoms with Crippen molar-refractivity contribution < 1.29 is 13.0 Å². The normalized spacial score (nSPS) is 15.4. The Morgan fingerprint density at radius 1 is 1.39 bits per heavy atom. The summed E-state index contributed by atoms with van der Waals surface area (Å²) in [5.41, 5.74) is 0.366. The van der Waals surface area contributed by atoms with Crippen LogP contribution in [0, 0.1) is 5.82 Å². The summed E-state index contributed by atoms with van der Waals surface area (Å²) in [5, 5.41) is 0. The fraction of sp³-hybridized carbons (Fsp3) is 0.538. The largest absolute Gasteiger partial charge is 0.246 e. The molecule has 0 aliphatic heterocycles. The van der Waals surface area contributed by atoms with Gasteiger partial charge in [-0.05, 0) is 27.7 Å². The van der Waals surface area contributed by atoms with Crippen LogP contribution in [0.25, 0.3) is 0 Å². The predicted molar refractivity (Wildman–Crippen MR) is 70.7 cm³/mol. The van der Waals surface area contributed by atoms with Crippen molar-refractivity contribution in [1.82, 2.24) is 4.72 Å². The molecule has 0 saturated carbocycles. The molecule has 0 aliphatic rings. The van der Waals surface area contributed by atoms with E-state index in [4.69, 9.17) is 0 Å². The molecule has 0 spiro atoms. The minimum absolute atomic E-state index is 0.0303. The lowest BCUT2D eigenvalue weighted by Crippen LogP contribution is -2.35. The minimum atomic E-state index is -1.30. The second kappa shape index (κ2) is 5.89. The number of hydrogen-bond donors (Lipinski definition) is 1. The van der Waals surface area contributed by atoms with E-state index in [9.17, 15) is 13.0 Å². The van der Waals surface area contributed by atoms with Crippen molar-refractivity contribution in [3.63, 3.8) is 0 Å². The van der Waals surface area contributed by atoms with Crippen LogP contribution in [-0.4, -0.2) is 8.96 Å². The average molecular weight is 275 g/mol. The Kier molecular flexibility index (Phi) is 4.99. The van der Waals surface area contributed by atoms with Gasteiger partial charge in [0, 0.05) is 17.2 Å². The van der Waals surface area contributed by atoms with E-state index in [-0.39, 0.29) is 5.56 Å². The van der Waals surface area contributed by atoms with Gasteiger partial charge in [0.05, 0.1) is 15.7 Å². The van der Waals surface area contributed by atoms with Crippen LogP contribution in [0.3, 0.4) is 0 Å². The van der Waals surface area contributed by atoms with Crippen LogP contribution < -0.4 is 4.72 Å². The Balaban J connectivity index is 2.92. The van der Waals surface area contributed by atoms with Crippen LogP contribution in [0.5, 0.6) is 0 Å². The molecule has 102 valence electrons. The summed E-state index contributed by atoms with van der Waals surface area (Å²) >= 11 is 0. The summed E-state index contributed by atoms with van der Waals surface area (Å²) in [6.07, 6.45) is 0. The number of alkyl halides is 1. The highest BCUT2D eigenvalue weighted by molar-refractivity contribution is 7.84. The average Bonchev–Trinajstić information content (AvgIpc) is 2.27. The van der Waals surface area contributed by atoms with Crippen LogP contribution in [0.15, 0.2) is 18.2 Å². The van der Waals surface area contributed by atoms with Crippen LogP contribution in [0.1, 0.15) is 44.9 Å². The van der Waals surface area contributed by atoms with E-state index in [0.717, 1.165) is 0 Å². The van der Waals surface area contributed by atoms with Crippen molar-refractivity contribution in [2.45, 2.75) is 45.2 Å². The lowest BCUT2D eigenvalue weighted by Gasteiger charge is -2.22. The first-order valence-corrected chi connectivity index (χ1v) is 6.93. The van der Waals surface area contributed by atoms with Crippen molar-refractivity contribution in [2.75, 3.05) is 0 Å². The van der Waals surface area contributed by atoms with Gasteiger partial charge < -0.3 is 0 Å². The lowest BCUT2D eigenvalue weighted by atomic mass is 10.1. The van der Waals surface area contributed by atoms with Crippen molar-refractivity contribution in [3.8, 4) is 0 Å². The molecule has 2 atom stereocenters. The SMILES string of the molecule is C[C@@H](N[S@](=O)C(C)(C)C)c1cccc(CF)c1F. The molecule has 0 saturated heterocycles. The monoisotopic (exact) mass is 275 g/mol. The Bertz CT molecular complexity index is 443. The number of halogens is 2. The van der Waals surface area contributed by atoms with E-state index in [0.29, 0.717) is 5.56 Å². The smallest absolute Gasteiger partial charge is 0.133 e. The Hall–Kier alpha value is -0.810. The fourth-order valence-electron chi connectivity index (χ4n) is 1.44. The first-order chi connectivity index (χ1) is 8.27. The fourth-order valence-corrected chi connectivity index (χ4v) is 2.24. The summed E-state index contributed by atoms with van der Waals surface area (Å²) in [7, 11) is -1.30. The Labute approximate surface area is 109 Å². The second-order valence-corrected chi connectivity index (χ2v) is 7.17. The maximum atomic E-state index is 13.9. The molecule has 0 aromatic heterocycles. The van der Waals surface area contributed by atoms with Gasteiger partial charge in [0.15, 0.2) is 0 Å². The first kappa shape index (κ1) is 15.2. The molecule has 5 heteroatoms. The van der Waals surface area contributed by atoms with E-state index < -0.39 is 34.3 Å². The molecule has 0 unspecified atom stereocenters. The van der Waals surface area contributed by atoms with Crippen LogP contribution in [0.4, 0.5) is 8.78 Å². The van der Waals surface area contributed by atoms with E-state index in [1.54, 1.807) is 19.1 Å². The molecule has 0 heterocycles. The topological polar surface area (TPSA) is 29.1 Å². The van der Waals surface area contributed by atoms with Gasteiger partial charge in [-0.2, -0.15) is 0 Å². The highest BCUT2D eigenvalue weighted by atomic mass is 32.2. The zero-order valence-electron chi connectivity index (χ0n) is 11.1.